The molecule has 1 aromatic heterocycles. The van der Waals surface area contributed by atoms with Crippen LogP contribution in [0.5, 0.6) is 0 Å². The van der Waals surface area contributed by atoms with Gasteiger partial charge in [0.2, 0.25) is 0 Å². The summed E-state index contributed by atoms with van der Waals surface area (Å²) in [7, 11) is 0. The molecule has 0 aliphatic carbocycles. The lowest BCUT2D eigenvalue weighted by Gasteiger charge is -2.09. The molecule has 1 unspecified atom stereocenters. The van der Waals surface area contributed by atoms with E-state index in [1.807, 2.05) is 0 Å². The lowest BCUT2D eigenvalue weighted by Crippen LogP contribution is -2.01. The third-order valence-electron chi connectivity index (χ3n) is 2.21. The fourth-order valence-corrected chi connectivity index (χ4v) is 2.25. The van der Waals surface area contributed by atoms with Crippen LogP contribution in [0.25, 0.3) is 0 Å². The Morgan fingerprint density at radius 1 is 1.50 bits per heavy atom. The van der Waals surface area contributed by atoms with Crippen LogP contribution in [-0.4, -0.2) is 10.1 Å². The number of aliphatic hydroxyl groups is 1. The zero-order valence-corrected chi connectivity index (χ0v) is 10.6. The van der Waals surface area contributed by atoms with E-state index in [2.05, 4.69) is 20.9 Å². The summed E-state index contributed by atoms with van der Waals surface area (Å²) in [6.07, 6.45) is 1.48. The van der Waals surface area contributed by atoms with Crippen molar-refractivity contribution in [2.24, 2.45) is 0 Å². The van der Waals surface area contributed by atoms with E-state index in [4.69, 9.17) is 0 Å². The number of aliphatic hydroxyl groups excluding tert-OH is 1. The van der Waals surface area contributed by atoms with Gasteiger partial charge in [-0.25, -0.2) is 4.39 Å². The maximum absolute atomic E-state index is 13.3. The molecule has 0 saturated carbocycles. The molecule has 5 heteroatoms. The molecule has 0 aliphatic rings. The molecule has 1 heterocycles. The van der Waals surface area contributed by atoms with Crippen molar-refractivity contribution in [2.45, 2.75) is 12.5 Å². The largest absolute Gasteiger partial charge is 0.388 e. The van der Waals surface area contributed by atoms with Crippen LogP contribution in [0.15, 0.2) is 34.4 Å². The van der Waals surface area contributed by atoms with Crippen LogP contribution in [0, 0.1) is 5.82 Å². The van der Waals surface area contributed by atoms with Crippen molar-refractivity contribution in [3.05, 3.63) is 50.6 Å². The third kappa shape index (κ3) is 2.66. The van der Waals surface area contributed by atoms with E-state index in [-0.39, 0.29) is 5.82 Å². The molecule has 0 aliphatic heterocycles. The lowest BCUT2D eigenvalue weighted by molar-refractivity contribution is 0.179. The van der Waals surface area contributed by atoms with E-state index in [1.165, 1.54) is 17.4 Å². The van der Waals surface area contributed by atoms with Crippen molar-refractivity contribution in [1.82, 2.24) is 4.98 Å². The van der Waals surface area contributed by atoms with Crippen LogP contribution in [0.2, 0.25) is 0 Å². The van der Waals surface area contributed by atoms with Crippen molar-refractivity contribution < 1.29 is 9.50 Å². The second-order valence-corrected chi connectivity index (χ2v) is 5.19. The van der Waals surface area contributed by atoms with Gasteiger partial charge in [0.25, 0.3) is 0 Å². The van der Waals surface area contributed by atoms with Gasteiger partial charge in [0.15, 0.2) is 0 Å². The minimum Gasteiger partial charge on any atom is -0.388 e. The number of hydrogen-bond donors (Lipinski definition) is 1. The number of benzene rings is 1. The third-order valence-corrected chi connectivity index (χ3v) is 3.65. The summed E-state index contributed by atoms with van der Waals surface area (Å²) in [5.41, 5.74) is 2.29. The highest BCUT2D eigenvalue weighted by atomic mass is 79.9. The van der Waals surface area contributed by atoms with Crippen molar-refractivity contribution in [3.63, 3.8) is 0 Å². The van der Waals surface area contributed by atoms with Gasteiger partial charge < -0.3 is 5.11 Å². The smallest absolute Gasteiger partial charge is 0.137 e. The molecule has 1 aromatic carbocycles. The molecule has 0 saturated heterocycles. The number of halogens is 2. The van der Waals surface area contributed by atoms with E-state index in [0.717, 1.165) is 4.88 Å². The van der Waals surface area contributed by atoms with Crippen LogP contribution in [0.3, 0.4) is 0 Å². The Morgan fingerprint density at radius 2 is 2.31 bits per heavy atom. The molecule has 0 bridgehead atoms. The summed E-state index contributed by atoms with van der Waals surface area (Å²) < 4.78 is 13.7. The number of rotatable bonds is 3. The molecule has 0 radical (unpaired) electrons. The first-order chi connectivity index (χ1) is 7.66. The number of hydrogen-bond acceptors (Lipinski definition) is 3. The maximum Gasteiger partial charge on any atom is 0.137 e. The molecule has 0 spiro atoms. The highest BCUT2D eigenvalue weighted by Gasteiger charge is 2.11. The molecular weight excluding hydrogens is 293 g/mol. The van der Waals surface area contributed by atoms with Gasteiger partial charge in [0.05, 0.1) is 16.1 Å². The van der Waals surface area contributed by atoms with E-state index < -0.39 is 6.10 Å². The minimum atomic E-state index is -0.692. The Morgan fingerprint density at radius 3 is 2.94 bits per heavy atom. The highest BCUT2D eigenvalue weighted by molar-refractivity contribution is 9.10. The van der Waals surface area contributed by atoms with Crippen molar-refractivity contribution >= 4 is 27.3 Å². The van der Waals surface area contributed by atoms with Gasteiger partial charge in [-0.05, 0) is 33.6 Å². The normalized spacial score (nSPS) is 12.7. The van der Waals surface area contributed by atoms with Gasteiger partial charge in [-0.1, -0.05) is 6.07 Å². The Bertz CT molecular complexity index is 475. The van der Waals surface area contributed by atoms with Crippen LogP contribution in [0.1, 0.15) is 16.5 Å². The molecule has 84 valence electrons. The Hall–Kier alpha value is -0.780. The van der Waals surface area contributed by atoms with Crippen molar-refractivity contribution in [1.29, 1.82) is 0 Å². The summed E-state index contributed by atoms with van der Waals surface area (Å²) in [6, 6.07) is 4.65. The monoisotopic (exact) mass is 301 g/mol. The predicted molar refractivity (Wildman–Crippen MR) is 64.9 cm³/mol. The zero-order chi connectivity index (χ0) is 11.5. The second-order valence-electron chi connectivity index (χ2n) is 3.36. The Kier molecular flexibility index (Phi) is 3.68. The Balaban J connectivity index is 2.14. The molecule has 2 rings (SSSR count). The fraction of sp³-hybridized carbons (Fsp3) is 0.182. The summed E-state index contributed by atoms with van der Waals surface area (Å²) in [5, 5.41) is 9.90. The molecule has 16 heavy (non-hydrogen) atoms. The summed E-state index contributed by atoms with van der Waals surface area (Å²) >= 11 is 4.55. The number of thiazole rings is 1. The lowest BCUT2D eigenvalue weighted by atomic mass is 10.1. The molecule has 2 aromatic rings. The predicted octanol–water partition coefficient (Wildman–Crippen LogP) is 3.32. The van der Waals surface area contributed by atoms with Gasteiger partial charge >= 0.3 is 0 Å². The Labute approximate surface area is 105 Å². The van der Waals surface area contributed by atoms with Gasteiger partial charge in [-0.2, -0.15) is 0 Å². The molecule has 0 fully saturated rings. The topological polar surface area (TPSA) is 33.1 Å². The van der Waals surface area contributed by atoms with Crippen molar-refractivity contribution in [2.75, 3.05) is 0 Å². The van der Waals surface area contributed by atoms with Gasteiger partial charge in [-0.15, -0.1) is 11.3 Å². The van der Waals surface area contributed by atoms with Crippen LogP contribution in [0.4, 0.5) is 4.39 Å². The highest BCUT2D eigenvalue weighted by Crippen LogP contribution is 2.24. The summed E-state index contributed by atoms with van der Waals surface area (Å²) in [5.74, 6) is -0.360. The first kappa shape index (κ1) is 11.7. The second kappa shape index (κ2) is 5.03. The molecule has 1 atom stereocenters. The van der Waals surface area contributed by atoms with E-state index in [1.54, 1.807) is 23.8 Å². The molecule has 1 N–H and O–H groups in total. The average Bonchev–Trinajstić information content (AvgIpc) is 2.74. The zero-order valence-electron chi connectivity index (χ0n) is 8.23. The van der Waals surface area contributed by atoms with Crippen LogP contribution in [-0.2, 0) is 6.42 Å². The number of nitrogens with zero attached hydrogens (tertiary/aromatic N) is 1. The SMILES string of the molecule is OC(Cc1cncs1)c1ccc(Br)c(F)c1. The first-order valence-electron chi connectivity index (χ1n) is 4.67. The van der Waals surface area contributed by atoms with Gasteiger partial charge in [-0.3, -0.25) is 4.98 Å². The average molecular weight is 302 g/mol. The van der Waals surface area contributed by atoms with Gasteiger partial charge in [0.1, 0.15) is 5.82 Å². The van der Waals surface area contributed by atoms with Gasteiger partial charge in [0, 0.05) is 17.5 Å². The number of aromatic nitrogens is 1. The summed E-state index contributed by atoms with van der Waals surface area (Å²) in [4.78, 5) is 4.91. The van der Waals surface area contributed by atoms with Crippen LogP contribution >= 0.6 is 27.3 Å². The molecule has 2 nitrogen and oxygen atoms in total. The van der Waals surface area contributed by atoms with E-state index in [0.29, 0.717) is 16.5 Å². The first-order valence-corrected chi connectivity index (χ1v) is 6.34. The standard InChI is InChI=1S/C11H9BrFNOS/c12-9-2-1-7(3-10(9)13)11(15)4-8-5-14-6-16-8/h1-3,5-6,11,15H,4H2. The fourth-order valence-electron chi connectivity index (χ4n) is 1.37. The van der Waals surface area contributed by atoms with E-state index in [9.17, 15) is 9.50 Å². The van der Waals surface area contributed by atoms with Crippen LogP contribution < -0.4 is 0 Å². The van der Waals surface area contributed by atoms with E-state index >= 15 is 0 Å². The van der Waals surface area contributed by atoms with Crippen molar-refractivity contribution in [3.8, 4) is 0 Å². The summed E-state index contributed by atoms with van der Waals surface area (Å²) in [6.45, 7) is 0. The maximum atomic E-state index is 13.3. The molecule has 0 amide bonds. The quantitative estimate of drug-likeness (QED) is 0.943. The molecular formula is C11H9BrFNOS. The minimum absolute atomic E-state index is 0.360.